The summed E-state index contributed by atoms with van der Waals surface area (Å²) in [4.78, 5) is 10.0. The second kappa shape index (κ2) is 5.18. The molecule has 0 bridgehead atoms. The fourth-order valence-corrected chi connectivity index (χ4v) is 0.564. The number of aliphatic hydroxyl groups is 4. The summed E-state index contributed by atoms with van der Waals surface area (Å²) in [6.07, 6.45) is -3.78. The molecular weight excluding hydrogens is 166 g/mol. The average Bonchev–Trinajstić information content (AvgIpc) is 2.12. The zero-order valence-electron chi connectivity index (χ0n) is 6.29. The summed E-state index contributed by atoms with van der Waals surface area (Å²) >= 11 is 0. The van der Waals surface area contributed by atoms with Crippen LogP contribution in [0.2, 0.25) is 0 Å². The number of aldehydes is 1. The lowest BCUT2D eigenvalue weighted by Crippen LogP contribution is -2.44. The standard InChI is InChI=1S/C6H12NO5/c7-3(1-8)5(11)6(12)4(10)2-9/h1,3-4,6,9-12H,2,7H2/t3-,4+,6-/m0/s1. The highest BCUT2D eigenvalue weighted by Crippen LogP contribution is 2.08. The van der Waals surface area contributed by atoms with Crippen molar-refractivity contribution in [2.45, 2.75) is 18.2 Å². The Labute approximate surface area is 69.2 Å². The van der Waals surface area contributed by atoms with Gasteiger partial charge in [-0.1, -0.05) is 0 Å². The summed E-state index contributed by atoms with van der Waals surface area (Å²) < 4.78 is 0. The lowest BCUT2D eigenvalue weighted by molar-refractivity contribution is -0.111. The van der Waals surface area contributed by atoms with E-state index < -0.39 is 31.0 Å². The lowest BCUT2D eigenvalue weighted by atomic mass is 10.0. The molecule has 0 spiro atoms. The van der Waals surface area contributed by atoms with Gasteiger partial charge in [-0.25, -0.2) is 0 Å². The van der Waals surface area contributed by atoms with Crippen molar-refractivity contribution < 1.29 is 25.2 Å². The van der Waals surface area contributed by atoms with Gasteiger partial charge in [0.2, 0.25) is 0 Å². The Morgan fingerprint density at radius 2 is 2.00 bits per heavy atom. The van der Waals surface area contributed by atoms with Crippen LogP contribution >= 0.6 is 0 Å². The van der Waals surface area contributed by atoms with E-state index in [4.69, 9.17) is 26.2 Å². The summed E-state index contributed by atoms with van der Waals surface area (Å²) in [6, 6.07) is -1.35. The van der Waals surface area contributed by atoms with Gasteiger partial charge in [-0.05, 0) is 0 Å². The molecule has 0 fully saturated rings. The maximum Gasteiger partial charge on any atom is 0.148 e. The Balaban J connectivity index is 4.07. The molecule has 6 heteroatoms. The molecule has 12 heavy (non-hydrogen) atoms. The van der Waals surface area contributed by atoms with E-state index in [-0.39, 0.29) is 6.29 Å². The molecular formula is C6H12NO5. The Kier molecular flexibility index (Phi) is 4.95. The van der Waals surface area contributed by atoms with Crippen LogP contribution in [-0.4, -0.2) is 51.6 Å². The third kappa shape index (κ3) is 2.84. The number of nitrogens with two attached hydrogens (primary N) is 1. The van der Waals surface area contributed by atoms with Crippen molar-refractivity contribution in [3.8, 4) is 0 Å². The molecule has 0 aliphatic rings. The summed E-state index contributed by atoms with van der Waals surface area (Å²) in [6.45, 7) is -0.725. The molecule has 0 heterocycles. The van der Waals surface area contributed by atoms with Gasteiger partial charge in [-0.15, -0.1) is 0 Å². The zero-order chi connectivity index (χ0) is 9.72. The third-order valence-electron chi connectivity index (χ3n) is 1.34. The van der Waals surface area contributed by atoms with Crippen LogP contribution in [0.4, 0.5) is 0 Å². The van der Waals surface area contributed by atoms with Gasteiger partial charge in [-0.3, -0.25) is 0 Å². The highest BCUT2D eigenvalue weighted by atomic mass is 16.4. The number of hydrogen-bond acceptors (Lipinski definition) is 6. The summed E-state index contributed by atoms with van der Waals surface area (Å²) in [5.74, 6) is 0. The Hall–Kier alpha value is -0.530. The quantitative estimate of drug-likeness (QED) is 0.288. The van der Waals surface area contributed by atoms with Crippen LogP contribution in [0.15, 0.2) is 0 Å². The molecule has 0 aromatic carbocycles. The summed E-state index contributed by atoms with van der Waals surface area (Å²) in [7, 11) is 0. The van der Waals surface area contributed by atoms with Crippen LogP contribution in [0.3, 0.4) is 0 Å². The van der Waals surface area contributed by atoms with Crippen molar-refractivity contribution >= 4 is 6.29 Å². The maximum absolute atomic E-state index is 10.0. The fourth-order valence-electron chi connectivity index (χ4n) is 0.564. The zero-order valence-corrected chi connectivity index (χ0v) is 6.29. The van der Waals surface area contributed by atoms with Gasteiger partial charge in [-0.2, -0.15) is 0 Å². The van der Waals surface area contributed by atoms with Gasteiger partial charge in [0.05, 0.1) is 12.6 Å². The molecule has 0 saturated carbocycles. The molecule has 0 aromatic heterocycles. The third-order valence-corrected chi connectivity index (χ3v) is 1.34. The van der Waals surface area contributed by atoms with E-state index in [1.54, 1.807) is 0 Å². The summed E-state index contributed by atoms with van der Waals surface area (Å²) in [5, 5.41) is 35.0. The summed E-state index contributed by atoms with van der Waals surface area (Å²) in [5.41, 5.74) is 5.00. The molecule has 0 saturated heterocycles. The first kappa shape index (κ1) is 11.5. The van der Waals surface area contributed by atoms with Crippen molar-refractivity contribution in [3.63, 3.8) is 0 Å². The van der Waals surface area contributed by atoms with Crippen LogP contribution < -0.4 is 5.73 Å². The van der Waals surface area contributed by atoms with Gasteiger partial charge in [0.25, 0.3) is 0 Å². The molecule has 6 N–H and O–H groups in total. The molecule has 1 radical (unpaired) electrons. The monoisotopic (exact) mass is 178 g/mol. The molecule has 0 aliphatic heterocycles. The Morgan fingerprint density at radius 3 is 2.33 bits per heavy atom. The molecule has 0 amide bonds. The minimum absolute atomic E-state index is 0.211. The fraction of sp³-hybridized carbons (Fsp3) is 0.667. The molecule has 6 nitrogen and oxygen atoms in total. The second-order valence-corrected chi connectivity index (χ2v) is 2.28. The predicted octanol–water partition coefficient (Wildman–Crippen LogP) is -2.87. The van der Waals surface area contributed by atoms with Crippen molar-refractivity contribution in [3.05, 3.63) is 6.10 Å². The van der Waals surface area contributed by atoms with Crippen LogP contribution in [0.5, 0.6) is 0 Å². The number of rotatable bonds is 5. The van der Waals surface area contributed by atoms with Gasteiger partial charge in [0, 0.05) is 0 Å². The van der Waals surface area contributed by atoms with Crippen LogP contribution in [0, 0.1) is 6.10 Å². The van der Waals surface area contributed by atoms with Crippen LogP contribution in [0.1, 0.15) is 0 Å². The SMILES string of the molecule is N[C@@H](C=O)[C](O)[C@@H](O)[C@H](O)CO. The number of hydrogen-bond donors (Lipinski definition) is 5. The van der Waals surface area contributed by atoms with E-state index >= 15 is 0 Å². The van der Waals surface area contributed by atoms with Gasteiger partial charge in [0.1, 0.15) is 24.6 Å². The maximum atomic E-state index is 10.0. The smallest absolute Gasteiger partial charge is 0.148 e. The first-order chi connectivity index (χ1) is 5.54. The van der Waals surface area contributed by atoms with Crippen LogP contribution in [0.25, 0.3) is 0 Å². The van der Waals surface area contributed by atoms with Crippen molar-refractivity contribution in [1.82, 2.24) is 0 Å². The van der Waals surface area contributed by atoms with Crippen LogP contribution in [-0.2, 0) is 4.79 Å². The minimum atomic E-state index is -1.70. The molecule has 0 unspecified atom stereocenters. The lowest BCUT2D eigenvalue weighted by Gasteiger charge is -2.21. The molecule has 0 rings (SSSR count). The first-order valence-corrected chi connectivity index (χ1v) is 3.28. The minimum Gasteiger partial charge on any atom is -0.394 e. The van der Waals surface area contributed by atoms with E-state index in [0.717, 1.165) is 0 Å². The topological polar surface area (TPSA) is 124 Å². The largest absolute Gasteiger partial charge is 0.394 e. The van der Waals surface area contributed by atoms with E-state index in [1.165, 1.54) is 0 Å². The second-order valence-electron chi connectivity index (χ2n) is 2.28. The predicted molar refractivity (Wildman–Crippen MR) is 38.3 cm³/mol. The number of carbonyl (C=O) groups is 1. The van der Waals surface area contributed by atoms with Crippen molar-refractivity contribution in [1.29, 1.82) is 0 Å². The normalized spacial score (nSPS) is 18.8. The molecule has 3 atom stereocenters. The highest BCUT2D eigenvalue weighted by Gasteiger charge is 2.29. The van der Waals surface area contributed by atoms with E-state index in [2.05, 4.69) is 0 Å². The average molecular weight is 178 g/mol. The molecule has 0 aromatic rings. The van der Waals surface area contributed by atoms with Crippen molar-refractivity contribution in [2.75, 3.05) is 6.61 Å². The number of aliphatic hydroxyl groups excluding tert-OH is 4. The molecule has 71 valence electrons. The first-order valence-electron chi connectivity index (χ1n) is 3.28. The van der Waals surface area contributed by atoms with E-state index in [0.29, 0.717) is 0 Å². The van der Waals surface area contributed by atoms with E-state index in [9.17, 15) is 4.79 Å². The van der Waals surface area contributed by atoms with Gasteiger partial charge >= 0.3 is 0 Å². The van der Waals surface area contributed by atoms with Gasteiger partial charge < -0.3 is 31.0 Å². The van der Waals surface area contributed by atoms with E-state index in [1.807, 2.05) is 0 Å². The van der Waals surface area contributed by atoms with Crippen molar-refractivity contribution in [2.24, 2.45) is 5.73 Å². The molecule has 0 aliphatic carbocycles. The Bertz CT molecular complexity index is 142. The number of carbonyl (C=O) groups excluding carboxylic acids is 1. The highest BCUT2D eigenvalue weighted by molar-refractivity contribution is 5.60. The Morgan fingerprint density at radius 1 is 1.50 bits per heavy atom. The van der Waals surface area contributed by atoms with Gasteiger partial charge in [0.15, 0.2) is 0 Å².